The number of rotatable bonds is 1. The normalized spacial score (nSPS) is 19.7. The summed E-state index contributed by atoms with van der Waals surface area (Å²) in [5, 5.41) is 0.871. The number of fused-ring (bicyclic) bond motifs is 1. The summed E-state index contributed by atoms with van der Waals surface area (Å²) in [5.41, 5.74) is 2.18. The lowest BCUT2D eigenvalue weighted by Crippen LogP contribution is -2.46. The molecule has 1 fully saturated rings. The third kappa shape index (κ3) is 3.81. The Kier molecular flexibility index (Phi) is 4.56. The van der Waals surface area contributed by atoms with Gasteiger partial charge in [0, 0.05) is 37.2 Å². The van der Waals surface area contributed by atoms with Gasteiger partial charge in [0.2, 0.25) is 0 Å². The number of amides is 1. The molecule has 2 aliphatic heterocycles. The number of likely N-dealkylation sites (tertiary alicyclic amines) is 1. The van der Waals surface area contributed by atoms with E-state index in [1.54, 1.807) is 0 Å². The second-order valence-corrected chi connectivity index (χ2v) is 7.89. The van der Waals surface area contributed by atoms with Gasteiger partial charge in [0.1, 0.15) is 5.60 Å². The van der Waals surface area contributed by atoms with Gasteiger partial charge < -0.3 is 9.64 Å². The number of carbonyl (C=O) groups is 1. The topological polar surface area (TPSA) is 32.8 Å². The van der Waals surface area contributed by atoms with Crippen LogP contribution in [0, 0.1) is 0 Å². The van der Waals surface area contributed by atoms with Crippen LogP contribution in [0.4, 0.5) is 4.79 Å². The Bertz CT molecular complexity index is 589. The van der Waals surface area contributed by atoms with Crippen LogP contribution in [0.3, 0.4) is 0 Å². The molecule has 0 unspecified atom stereocenters. The third-order valence-electron chi connectivity index (χ3n) is 4.58. The molecule has 2 heterocycles. The largest absolute Gasteiger partial charge is 0.444 e. The second-order valence-electron chi connectivity index (χ2n) is 7.48. The quantitative estimate of drug-likeness (QED) is 0.775. The number of benzene rings is 1. The molecule has 0 spiro atoms. The van der Waals surface area contributed by atoms with Gasteiger partial charge in [0.05, 0.1) is 0 Å². The first-order valence-electron chi connectivity index (χ1n) is 8.32. The first kappa shape index (κ1) is 16.6. The molecule has 0 saturated carbocycles. The standard InChI is InChI=1S/C18H25ClN2O2/c1-18(2,3)23-17(22)20-9-7-14(8-10-20)21-11-13-5-4-6-16(19)15(13)12-21/h4-6,14H,7-12H2,1-3H3. The van der Waals surface area contributed by atoms with Crippen molar-refractivity contribution in [2.45, 2.75) is 58.3 Å². The fraction of sp³-hybridized carbons (Fsp3) is 0.611. The van der Waals surface area contributed by atoms with E-state index in [0.29, 0.717) is 6.04 Å². The highest BCUT2D eigenvalue weighted by Crippen LogP contribution is 2.32. The molecule has 0 bridgehead atoms. The molecule has 0 aromatic heterocycles. The molecular weight excluding hydrogens is 312 g/mol. The lowest BCUT2D eigenvalue weighted by molar-refractivity contribution is 0.0140. The zero-order valence-corrected chi connectivity index (χ0v) is 14.9. The Morgan fingerprint density at radius 2 is 1.91 bits per heavy atom. The summed E-state index contributed by atoms with van der Waals surface area (Å²) in [4.78, 5) is 16.5. The monoisotopic (exact) mass is 336 g/mol. The predicted octanol–water partition coefficient (Wildman–Crippen LogP) is 4.06. The second kappa shape index (κ2) is 6.33. The lowest BCUT2D eigenvalue weighted by atomic mass is 10.0. The van der Waals surface area contributed by atoms with Gasteiger partial charge in [-0.1, -0.05) is 23.7 Å². The minimum absolute atomic E-state index is 0.191. The SMILES string of the molecule is CC(C)(C)OC(=O)N1CCC(N2Cc3cccc(Cl)c3C2)CC1. The van der Waals surface area contributed by atoms with Gasteiger partial charge >= 0.3 is 6.09 Å². The smallest absolute Gasteiger partial charge is 0.410 e. The summed E-state index contributed by atoms with van der Waals surface area (Å²) < 4.78 is 5.46. The Morgan fingerprint density at radius 3 is 2.52 bits per heavy atom. The van der Waals surface area contributed by atoms with E-state index in [0.717, 1.165) is 44.0 Å². The van der Waals surface area contributed by atoms with Gasteiger partial charge in [-0.25, -0.2) is 4.79 Å². The van der Waals surface area contributed by atoms with Crippen molar-refractivity contribution >= 4 is 17.7 Å². The van der Waals surface area contributed by atoms with Crippen LogP contribution in [0.15, 0.2) is 18.2 Å². The van der Waals surface area contributed by atoms with E-state index in [9.17, 15) is 4.79 Å². The van der Waals surface area contributed by atoms with E-state index in [1.807, 2.05) is 37.8 Å². The first-order chi connectivity index (χ1) is 10.8. The summed E-state index contributed by atoms with van der Waals surface area (Å²) in [6, 6.07) is 6.67. The number of nitrogens with zero attached hydrogens (tertiary/aromatic N) is 2. The molecule has 2 aliphatic rings. The molecule has 1 saturated heterocycles. The van der Waals surface area contributed by atoms with Crippen LogP contribution in [0.1, 0.15) is 44.7 Å². The predicted molar refractivity (Wildman–Crippen MR) is 91.5 cm³/mol. The van der Waals surface area contributed by atoms with E-state index in [4.69, 9.17) is 16.3 Å². The maximum atomic E-state index is 12.1. The molecule has 4 nitrogen and oxygen atoms in total. The summed E-state index contributed by atoms with van der Waals surface area (Å²) >= 11 is 6.30. The minimum atomic E-state index is -0.429. The van der Waals surface area contributed by atoms with Crippen molar-refractivity contribution < 1.29 is 9.53 Å². The minimum Gasteiger partial charge on any atom is -0.444 e. The highest BCUT2D eigenvalue weighted by molar-refractivity contribution is 6.31. The Labute approximate surface area is 143 Å². The van der Waals surface area contributed by atoms with Crippen molar-refractivity contribution in [2.75, 3.05) is 13.1 Å². The average Bonchev–Trinajstić information content (AvgIpc) is 2.91. The van der Waals surface area contributed by atoms with Crippen LogP contribution < -0.4 is 0 Å². The van der Waals surface area contributed by atoms with Crippen LogP contribution in [-0.4, -0.2) is 40.6 Å². The maximum Gasteiger partial charge on any atom is 0.410 e. The van der Waals surface area contributed by atoms with Crippen molar-refractivity contribution in [1.29, 1.82) is 0 Å². The molecule has 23 heavy (non-hydrogen) atoms. The van der Waals surface area contributed by atoms with E-state index in [2.05, 4.69) is 11.0 Å². The van der Waals surface area contributed by atoms with E-state index < -0.39 is 5.60 Å². The van der Waals surface area contributed by atoms with Crippen molar-refractivity contribution in [3.8, 4) is 0 Å². The van der Waals surface area contributed by atoms with E-state index >= 15 is 0 Å². The Hall–Kier alpha value is -1.26. The number of ether oxygens (including phenoxy) is 1. The van der Waals surface area contributed by atoms with Crippen molar-refractivity contribution in [3.05, 3.63) is 34.3 Å². The number of hydrogen-bond donors (Lipinski definition) is 0. The van der Waals surface area contributed by atoms with Crippen LogP contribution in [0.2, 0.25) is 5.02 Å². The van der Waals surface area contributed by atoms with Crippen LogP contribution in [0.25, 0.3) is 0 Å². The summed E-state index contributed by atoms with van der Waals surface area (Å²) in [7, 11) is 0. The highest BCUT2D eigenvalue weighted by atomic mass is 35.5. The van der Waals surface area contributed by atoms with Gasteiger partial charge in [-0.3, -0.25) is 4.90 Å². The fourth-order valence-corrected chi connectivity index (χ4v) is 3.66. The van der Waals surface area contributed by atoms with Crippen molar-refractivity contribution in [2.24, 2.45) is 0 Å². The molecule has 1 aromatic rings. The van der Waals surface area contributed by atoms with Gasteiger partial charge in [0.15, 0.2) is 0 Å². The van der Waals surface area contributed by atoms with Crippen LogP contribution >= 0.6 is 11.6 Å². The molecule has 0 atom stereocenters. The summed E-state index contributed by atoms with van der Waals surface area (Å²) in [6.45, 7) is 9.13. The summed E-state index contributed by atoms with van der Waals surface area (Å²) in [5.74, 6) is 0. The zero-order valence-electron chi connectivity index (χ0n) is 14.1. The zero-order chi connectivity index (χ0) is 16.6. The molecule has 0 N–H and O–H groups in total. The third-order valence-corrected chi connectivity index (χ3v) is 4.94. The molecule has 1 aromatic carbocycles. The Balaban J connectivity index is 1.55. The number of hydrogen-bond acceptors (Lipinski definition) is 3. The fourth-order valence-electron chi connectivity index (χ4n) is 3.40. The molecule has 0 aliphatic carbocycles. The average molecular weight is 337 g/mol. The highest BCUT2D eigenvalue weighted by Gasteiger charge is 2.32. The van der Waals surface area contributed by atoms with E-state index in [1.165, 1.54) is 11.1 Å². The van der Waals surface area contributed by atoms with Gasteiger partial charge in [-0.05, 0) is 50.8 Å². The van der Waals surface area contributed by atoms with Gasteiger partial charge in [0.25, 0.3) is 0 Å². The molecule has 3 rings (SSSR count). The number of piperidine rings is 1. The lowest BCUT2D eigenvalue weighted by Gasteiger charge is -2.37. The van der Waals surface area contributed by atoms with Gasteiger partial charge in [-0.15, -0.1) is 0 Å². The van der Waals surface area contributed by atoms with Crippen molar-refractivity contribution in [3.63, 3.8) is 0 Å². The number of carbonyl (C=O) groups excluding carboxylic acids is 1. The van der Waals surface area contributed by atoms with Crippen LogP contribution in [0.5, 0.6) is 0 Å². The van der Waals surface area contributed by atoms with Gasteiger partial charge in [-0.2, -0.15) is 0 Å². The molecule has 5 heteroatoms. The molecular formula is C18H25ClN2O2. The maximum absolute atomic E-state index is 12.1. The van der Waals surface area contributed by atoms with Crippen LogP contribution in [-0.2, 0) is 17.8 Å². The Morgan fingerprint density at radius 1 is 1.22 bits per heavy atom. The summed E-state index contributed by atoms with van der Waals surface area (Å²) in [6.07, 6.45) is 1.79. The first-order valence-corrected chi connectivity index (χ1v) is 8.69. The molecule has 1 amide bonds. The number of halogens is 1. The molecule has 0 radical (unpaired) electrons. The molecule has 126 valence electrons. The van der Waals surface area contributed by atoms with Crippen molar-refractivity contribution in [1.82, 2.24) is 9.80 Å². The van der Waals surface area contributed by atoms with E-state index in [-0.39, 0.29) is 6.09 Å².